The molecule has 1 aliphatic rings. The average molecular weight is 594 g/mol. The van der Waals surface area contributed by atoms with Gasteiger partial charge in [0.1, 0.15) is 0 Å². The summed E-state index contributed by atoms with van der Waals surface area (Å²) in [5.41, 5.74) is 1.93. The number of hydrogen-bond donors (Lipinski definition) is 0. The molecule has 36 heavy (non-hydrogen) atoms. The molecule has 1 aliphatic heterocycles. The van der Waals surface area contributed by atoms with E-state index >= 15 is 0 Å². The van der Waals surface area contributed by atoms with E-state index in [2.05, 4.69) is 53.8 Å². The lowest BCUT2D eigenvalue weighted by atomic mass is 9.78. The van der Waals surface area contributed by atoms with Crippen LogP contribution in [-0.4, -0.2) is 37.9 Å². The van der Waals surface area contributed by atoms with Crippen molar-refractivity contribution >= 4 is 73.5 Å². The van der Waals surface area contributed by atoms with Crippen LogP contribution in [-0.2, 0) is 9.31 Å². The summed E-state index contributed by atoms with van der Waals surface area (Å²) in [5.74, 6) is 0. The van der Waals surface area contributed by atoms with Gasteiger partial charge in [0.25, 0.3) is 0 Å². The van der Waals surface area contributed by atoms with Gasteiger partial charge in [-0.15, -0.1) is 0 Å². The van der Waals surface area contributed by atoms with E-state index in [1.807, 2.05) is 73.7 Å². The van der Waals surface area contributed by atoms with Gasteiger partial charge in [0.2, 0.25) is 0 Å². The Morgan fingerprint density at radius 1 is 0.778 bits per heavy atom. The number of nitrogens with zero attached hydrogens (tertiary/aromatic N) is 4. The maximum Gasteiger partial charge on any atom is 0.496 e. The van der Waals surface area contributed by atoms with Crippen molar-refractivity contribution in [2.45, 2.75) is 78.7 Å². The number of hydrogen-bond acceptors (Lipinski definition) is 4. The third-order valence-electron chi connectivity index (χ3n) is 6.83. The maximum atomic E-state index is 6.61. The Balaban J connectivity index is 0.000000187. The molecule has 0 saturated carbocycles. The quantitative estimate of drug-likeness (QED) is 0.230. The van der Waals surface area contributed by atoms with Crippen molar-refractivity contribution in [3.8, 4) is 0 Å². The molecule has 3 heterocycles. The summed E-state index contributed by atoms with van der Waals surface area (Å²) in [6, 6.07) is 8.46. The van der Waals surface area contributed by atoms with Crippen molar-refractivity contribution in [1.29, 1.82) is 0 Å². The molecule has 0 aliphatic carbocycles. The average Bonchev–Trinajstić information content (AvgIpc) is 3.46. The summed E-state index contributed by atoms with van der Waals surface area (Å²) < 4.78 is 17.0. The Bertz CT molecular complexity index is 1400. The number of aromatic nitrogens is 4. The van der Waals surface area contributed by atoms with Crippen LogP contribution >= 0.6 is 39.1 Å². The molecule has 2 aromatic carbocycles. The number of fused-ring (bicyclic) bond motifs is 2. The summed E-state index contributed by atoms with van der Waals surface area (Å²) in [6.45, 7) is 16.5. The highest BCUT2D eigenvalue weighted by Crippen LogP contribution is 2.37. The Morgan fingerprint density at radius 2 is 1.22 bits per heavy atom. The van der Waals surface area contributed by atoms with E-state index in [4.69, 9.17) is 32.5 Å². The van der Waals surface area contributed by atoms with Crippen molar-refractivity contribution < 1.29 is 9.31 Å². The second kappa shape index (κ2) is 9.95. The minimum Gasteiger partial charge on any atom is -0.399 e. The molecule has 0 spiro atoms. The lowest BCUT2D eigenvalue weighted by Crippen LogP contribution is -2.41. The zero-order valence-electron chi connectivity index (χ0n) is 21.9. The van der Waals surface area contributed by atoms with Gasteiger partial charge in [-0.25, -0.2) is 0 Å². The summed E-state index contributed by atoms with van der Waals surface area (Å²) in [7, 11) is -0.454. The first-order valence-electron chi connectivity index (χ1n) is 12.1. The Labute approximate surface area is 231 Å². The normalized spacial score (nSPS) is 16.9. The van der Waals surface area contributed by atoms with Crippen LogP contribution in [0.3, 0.4) is 0 Å². The largest absolute Gasteiger partial charge is 0.496 e. The van der Waals surface area contributed by atoms with Gasteiger partial charge in [-0.1, -0.05) is 29.3 Å². The van der Waals surface area contributed by atoms with E-state index in [1.54, 1.807) is 0 Å². The van der Waals surface area contributed by atoms with Gasteiger partial charge in [-0.2, -0.15) is 10.2 Å². The molecule has 1 saturated heterocycles. The molecule has 2 aromatic heterocycles. The lowest BCUT2D eigenvalue weighted by Gasteiger charge is -2.32. The van der Waals surface area contributed by atoms with Crippen LogP contribution in [0.15, 0.2) is 41.1 Å². The molecule has 0 bridgehead atoms. The van der Waals surface area contributed by atoms with E-state index < -0.39 is 7.12 Å². The molecular weight excluding hydrogens is 562 g/mol. The van der Waals surface area contributed by atoms with Crippen LogP contribution in [0.25, 0.3) is 21.8 Å². The SMILES string of the molecule is CC(C)n1cc2c(Cl)c(B3OC(C)(C)C(C)(C)O3)ccc2n1.CC(C)n1cc2c(Cl)c(Br)ccc2n1. The van der Waals surface area contributed by atoms with E-state index in [1.165, 1.54) is 0 Å². The molecule has 5 rings (SSSR count). The molecule has 1 fully saturated rings. The highest BCUT2D eigenvalue weighted by Gasteiger charge is 2.52. The standard InChI is InChI=1S/C16H22BClN2O2.C10H10BrClN2/c1-10(2)20-9-11-13(19-20)8-7-12(14(11)18)17-21-15(3,4)16(5,6)22-17;1-6(2)14-5-7-9(13-14)4-3-8(11)10(7)12/h7-10H,1-6H3;3-6H,1-2H3. The van der Waals surface area contributed by atoms with Crippen molar-refractivity contribution in [3.05, 3.63) is 51.2 Å². The fourth-order valence-corrected chi connectivity index (χ4v) is 4.68. The molecule has 192 valence electrons. The highest BCUT2D eigenvalue weighted by atomic mass is 79.9. The third-order valence-corrected chi connectivity index (χ3v) is 8.55. The lowest BCUT2D eigenvalue weighted by molar-refractivity contribution is 0.00578. The Morgan fingerprint density at radius 3 is 1.69 bits per heavy atom. The minimum atomic E-state index is -0.454. The minimum absolute atomic E-state index is 0.295. The third kappa shape index (κ3) is 5.08. The van der Waals surface area contributed by atoms with Crippen LogP contribution in [0.1, 0.15) is 67.5 Å². The van der Waals surface area contributed by atoms with Gasteiger partial charge in [0.15, 0.2) is 0 Å². The molecule has 0 atom stereocenters. The zero-order valence-corrected chi connectivity index (χ0v) is 25.0. The van der Waals surface area contributed by atoms with Gasteiger partial charge in [-0.05, 0) is 89.5 Å². The molecule has 4 aromatic rings. The van der Waals surface area contributed by atoms with Gasteiger partial charge >= 0.3 is 7.12 Å². The van der Waals surface area contributed by atoms with E-state index in [0.717, 1.165) is 36.8 Å². The summed E-state index contributed by atoms with van der Waals surface area (Å²) in [4.78, 5) is 0. The summed E-state index contributed by atoms with van der Waals surface area (Å²) >= 11 is 16.1. The summed E-state index contributed by atoms with van der Waals surface area (Å²) in [5, 5.41) is 12.3. The maximum absolute atomic E-state index is 6.61. The topological polar surface area (TPSA) is 54.1 Å². The number of benzene rings is 2. The Kier molecular flexibility index (Phi) is 7.59. The fraction of sp³-hybridized carbons (Fsp3) is 0.462. The molecule has 6 nitrogen and oxygen atoms in total. The predicted octanol–water partition coefficient (Wildman–Crippen LogP) is 7.60. The van der Waals surface area contributed by atoms with E-state index in [0.29, 0.717) is 17.1 Å². The molecular formula is C26H32BBrCl2N4O2. The van der Waals surface area contributed by atoms with Crippen LogP contribution in [0, 0.1) is 0 Å². The van der Waals surface area contributed by atoms with E-state index in [9.17, 15) is 0 Å². The Hall–Kier alpha value is -1.58. The first-order chi connectivity index (χ1) is 16.7. The van der Waals surface area contributed by atoms with Crippen molar-refractivity contribution in [2.75, 3.05) is 0 Å². The number of rotatable bonds is 3. The van der Waals surface area contributed by atoms with Crippen LogP contribution in [0.2, 0.25) is 10.0 Å². The van der Waals surface area contributed by atoms with Gasteiger partial charge < -0.3 is 9.31 Å². The van der Waals surface area contributed by atoms with Gasteiger partial charge in [-0.3, -0.25) is 9.36 Å². The van der Waals surface area contributed by atoms with Crippen molar-refractivity contribution in [2.24, 2.45) is 0 Å². The monoisotopic (exact) mass is 592 g/mol. The van der Waals surface area contributed by atoms with Crippen molar-refractivity contribution in [3.63, 3.8) is 0 Å². The van der Waals surface area contributed by atoms with Crippen molar-refractivity contribution in [1.82, 2.24) is 19.6 Å². The molecule has 0 unspecified atom stereocenters. The van der Waals surface area contributed by atoms with Crippen LogP contribution in [0.4, 0.5) is 0 Å². The molecule has 0 radical (unpaired) electrons. The first-order valence-corrected chi connectivity index (χ1v) is 13.6. The molecule has 0 amide bonds. The first kappa shape index (κ1) is 27.5. The second-order valence-electron chi connectivity index (χ2n) is 10.7. The van der Waals surface area contributed by atoms with Crippen LogP contribution in [0.5, 0.6) is 0 Å². The smallest absolute Gasteiger partial charge is 0.399 e. The summed E-state index contributed by atoms with van der Waals surface area (Å²) in [6.07, 6.45) is 3.96. The zero-order chi connectivity index (χ0) is 26.6. The number of halogens is 3. The van der Waals surface area contributed by atoms with Gasteiger partial charge in [0.05, 0.1) is 32.3 Å². The predicted molar refractivity (Wildman–Crippen MR) is 154 cm³/mol. The van der Waals surface area contributed by atoms with Gasteiger partial charge in [0, 0.05) is 45.2 Å². The highest BCUT2D eigenvalue weighted by molar-refractivity contribution is 9.10. The van der Waals surface area contributed by atoms with E-state index in [-0.39, 0.29) is 11.2 Å². The second-order valence-corrected chi connectivity index (χ2v) is 12.3. The molecule has 0 N–H and O–H groups in total. The fourth-order valence-electron chi connectivity index (χ4n) is 3.83. The molecule has 10 heteroatoms. The van der Waals surface area contributed by atoms with Crippen LogP contribution < -0.4 is 5.46 Å².